The van der Waals surface area contributed by atoms with Crippen molar-refractivity contribution in [2.45, 2.75) is 0 Å². The van der Waals surface area contributed by atoms with Crippen molar-refractivity contribution in [2.75, 3.05) is 0 Å². The number of hydrazine groups is 1. The quantitative estimate of drug-likeness (QED) is 0.189. The normalized spacial score (nSPS) is 5.43. The van der Waals surface area contributed by atoms with E-state index in [1.165, 1.54) is 0 Å². The lowest BCUT2D eigenvalue weighted by Crippen LogP contribution is -2.02. The molecule has 0 aromatic heterocycles. The van der Waals surface area contributed by atoms with Crippen molar-refractivity contribution in [1.29, 1.82) is 5.53 Å². The van der Waals surface area contributed by atoms with Gasteiger partial charge in [-0.05, 0) is 0 Å². The summed E-state index contributed by atoms with van der Waals surface area (Å²) in [5, 5.41) is 9.42. The monoisotopic (exact) mass is 106 g/mol. The number of hydrogen-bond acceptors (Lipinski definition) is 4. The van der Waals surface area contributed by atoms with E-state index in [9.17, 15) is 0 Å². The second-order valence-electron chi connectivity index (χ2n) is 0.394. The molecule has 0 aromatic rings. The van der Waals surface area contributed by atoms with Crippen molar-refractivity contribution < 1.29 is 9.90 Å². The lowest BCUT2D eigenvalue weighted by Gasteiger charge is -1.62. The van der Waals surface area contributed by atoms with Crippen LogP contribution in [0.25, 0.3) is 0 Å². The van der Waals surface area contributed by atoms with E-state index in [1.54, 1.807) is 0 Å². The first-order chi connectivity index (χ1) is 3.27. The summed E-state index contributed by atoms with van der Waals surface area (Å²) < 4.78 is 0. The van der Waals surface area contributed by atoms with Gasteiger partial charge in [0.15, 0.2) is 0 Å². The van der Waals surface area contributed by atoms with Crippen molar-refractivity contribution in [3.63, 3.8) is 0 Å². The summed E-state index contributed by atoms with van der Waals surface area (Å²) in [5.74, 6) is 8.00. The van der Waals surface area contributed by atoms with Gasteiger partial charge < -0.3 is 5.11 Å². The molecule has 0 radical (unpaired) electrons. The topological polar surface area (TPSA) is 126 Å². The summed E-state index contributed by atoms with van der Waals surface area (Å²) >= 11 is 0. The Hall–Kier alpha value is -1.01. The van der Waals surface area contributed by atoms with Crippen LogP contribution >= 0.6 is 0 Å². The number of nitrogens with zero attached hydrogens (tertiary/aromatic N) is 1. The zero-order valence-corrected chi connectivity index (χ0v) is 3.46. The molecule has 6 heteroatoms. The molecule has 0 spiro atoms. The van der Waals surface area contributed by atoms with Crippen molar-refractivity contribution in [1.82, 2.24) is 0 Å². The number of carbonyl (C=O) groups is 1. The van der Waals surface area contributed by atoms with Gasteiger partial charge in [0.2, 0.25) is 0 Å². The van der Waals surface area contributed by atoms with E-state index in [4.69, 9.17) is 15.4 Å². The Labute approximate surface area is 39.6 Å². The third-order valence-electron chi connectivity index (χ3n) is 0.0956. The Morgan fingerprint density at radius 2 is 1.86 bits per heavy atom. The fourth-order valence-electron chi connectivity index (χ4n) is 0. The maximum Gasteiger partial charge on any atom is 0.449 e. The number of hydrogen-bond donors (Lipinski definition) is 4. The number of nitrogens with one attached hydrogen (secondary N) is 1. The van der Waals surface area contributed by atoms with Crippen molar-refractivity contribution in [3.05, 3.63) is 0 Å². The van der Waals surface area contributed by atoms with Crippen LogP contribution in [0.15, 0.2) is 5.11 Å². The molecule has 6 N–H and O–H groups in total. The molecule has 0 aromatic carbocycles. The van der Waals surface area contributed by atoms with Crippen LogP contribution in [0.4, 0.5) is 4.79 Å². The first-order valence-electron chi connectivity index (χ1n) is 1.21. The minimum absolute atomic E-state index is 1.45. The molecule has 0 unspecified atom stereocenters. The highest BCUT2D eigenvalue weighted by Gasteiger charge is 1.77. The summed E-state index contributed by atoms with van der Waals surface area (Å²) in [6, 6.07) is 0. The van der Waals surface area contributed by atoms with Crippen LogP contribution in [0.2, 0.25) is 0 Å². The standard InChI is InChI=1S/CH2N2O2.H4N2/c2-3-1(4)5;1-2/h2H,(H,4,5);1-2H2. The van der Waals surface area contributed by atoms with Crippen LogP contribution in [0, 0.1) is 5.53 Å². The number of nitrogens with two attached hydrogens (primary N) is 2. The molecule has 0 atom stereocenters. The van der Waals surface area contributed by atoms with Crippen LogP contribution in [-0.4, -0.2) is 11.2 Å². The zero-order valence-electron chi connectivity index (χ0n) is 3.46. The summed E-state index contributed by atoms with van der Waals surface area (Å²) in [4.78, 5) is 9.01. The van der Waals surface area contributed by atoms with E-state index < -0.39 is 6.09 Å². The van der Waals surface area contributed by atoms with Crippen molar-refractivity contribution in [2.24, 2.45) is 16.8 Å². The van der Waals surface area contributed by atoms with Gasteiger partial charge in [-0.2, -0.15) is 5.53 Å². The second-order valence-corrected chi connectivity index (χ2v) is 0.394. The molecule has 0 aliphatic heterocycles. The number of rotatable bonds is 0. The van der Waals surface area contributed by atoms with E-state index >= 15 is 0 Å². The minimum Gasteiger partial charge on any atom is -0.462 e. The van der Waals surface area contributed by atoms with E-state index in [2.05, 4.69) is 16.8 Å². The summed E-state index contributed by atoms with van der Waals surface area (Å²) in [5.41, 5.74) is 5.68. The van der Waals surface area contributed by atoms with Gasteiger partial charge in [-0.25, -0.2) is 4.79 Å². The fourth-order valence-corrected chi connectivity index (χ4v) is 0. The molecule has 0 fully saturated rings. The van der Waals surface area contributed by atoms with Gasteiger partial charge in [0.1, 0.15) is 0 Å². The van der Waals surface area contributed by atoms with Gasteiger partial charge in [0, 0.05) is 0 Å². The van der Waals surface area contributed by atoms with E-state index in [0.29, 0.717) is 0 Å². The number of amides is 1. The van der Waals surface area contributed by atoms with E-state index in [1.807, 2.05) is 0 Å². The van der Waals surface area contributed by atoms with Gasteiger partial charge in [-0.3, -0.25) is 11.7 Å². The third-order valence-corrected chi connectivity index (χ3v) is 0.0956. The average molecular weight is 106 g/mol. The maximum atomic E-state index is 9.01. The molecule has 1 amide bonds. The van der Waals surface area contributed by atoms with Crippen LogP contribution in [0.1, 0.15) is 0 Å². The highest BCUT2D eigenvalue weighted by molar-refractivity contribution is 5.64. The van der Waals surface area contributed by atoms with E-state index in [0.717, 1.165) is 0 Å². The molecule has 0 aliphatic carbocycles. The SMILES string of the molecule is N=NC(=O)O.NN. The van der Waals surface area contributed by atoms with Crippen LogP contribution < -0.4 is 11.7 Å². The summed E-state index contributed by atoms with van der Waals surface area (Å²) in [7, 11) is 0. The molecule has 0 aliphatic rings. The predicted octanol–water partition coefficient (Wildman–Crippen LogP) is -0.486. The Bertz CT molecular complexity index is 60.7. The van der Waals surface area contributed by atoms with Gasteiger partial charge in [-0.1, -0.05) is 5.11 Å². The Morgan fingerprint density at radius 3 is 1.86 bits per heavy atom. The molecule has 42 valence electrons. The molecular weight excluding hydrogens is 100 g/mol. The van der Waals surface area contributed by atoms with Gasteiger partial charge in [0.25, 0.3) is 0 Å². The van der Waals surface area contributed by atoms with Crippen molar-refractivity contribution in [3.8, 4) is 0 Å². The molecular formula is CH6N4O2. The molecule has 0 heterocycles. The smallest absolute Gasteiger partial charge is 0.449 e. The Kier molecular flexibility index (Phi) is 11.9. The zero-order chi connectivity index (χ0) is 6.28. The third kappa shape index (κ3) is 45.5. The first kappa shape index (κ1) is 9.37. The average Bonchev–Trinajstić information content (AvgIpc) is 1.73. The molecule has 0 rings (SSSR count). The lowest BCUT2D eigenvalue weighted by molar-refractivity contribution is 0.203. The Balaban J connectivity index is 0. The fraction of sp³-hybridized carbons (Fsp3) is 0. The van der Waals surface area contributed by atoms with Gasteiger partial charge in [-0.15, -0.1) is 0 Å². The maximum absolute atomic E-state index is 9.01. The van der Waals surface area contributed by atoms with Crippen molar-refractivity contribution >= 4 is 6.09 Å². The summed E-state index contributed by atoms with van der Waals surface area (Å²) in [6.07, 6.45) is -1.45. The van der Waals surface area contributed by atoms with Crippen LogP contribution in [0.3, 0.4) is 0 Å². The first-order valence-corrected chi connectivity index (χ1v) is 1.21. The van der Waals surface area contributed by atoms with Crippen LogP contribution in [0.5, 0.6) is 0 Å². The minimum atomic E-state index is -1.45. The van der Waals surface area contributed by atoms with Crippen LogP contribution in [-0.2, 0) is 0 Å². The van der Waals surface area contributed by atoms with Gasteiger partial charge in [0.05, 0.1) is 0 Å². The highest BCUT2D eigenvalue weighted by Crippen LogP contribution is 1.61. The largest absolute Gasteiger partial charge is 0.462 e. The molecule has 0 saturated heterocycles. The molecule has 6 nitrogen and oxygen atoms in total. The molecule has 0 bridgehead atoms. The lowest BCUT2D eigenvalue weighted by atomic mass is 11.3. The molecule has 7 heavy (non-hydrogen) atoms. The second kappa shape index (κ2) is 8.89. The highest BCUT2D eigenvalue weighted by atomic mass is 16.4. The van der Waals surface area contributed by atoms with E-state index in [-0.39, 0.29) is 0 Å². The molecule has 0 saturated carbocycles. The Morgan fingerprint density at radius 1 is 1.71 bits per heavy atom. The van der Waals surface area contributed by atoms with Gasteiger partial charge >= 0.3 is 6.09 Å². The predicted molar refractivity (Wildman–Crippen MR) is 21.5 cm³/mol. The summed E-state index contributed by atoms with van der Waals surface area (Å²) in [6.45, 7) is 0. The number of carboxylic acid groups (broad SMARTS) is 1.